The summed E-state index contributed by atoms with van der Waals surface area (Å²) in [5.41, 5.74) is 0. The second-order valence-corrected chi connectivity index (χ2v) is 3.68. The zero-order valence-corrected chi connectivity index (χ0v) is 8.09. The van der Waals surface area contributed by atoms with E-state index in [0.717, 1.165) is 0 Å². The van der Waals surface area contributed by atoms with Crippen LogP contribution < -0.4 is 0 Å². The van der Waals surface area contributed by atoms with Crippen LogP contribution in [0.4, 0.5) is 0 Å². The lowest BCUT2D eigenvalue weighted by Crippen LogP contribution is -2.50. The maximum Gasteiger partial charge on any atom is 0.132 e. The van der Waals surface area contributed by atoms with Crippen molar-refractivity contribution in [1.82, 2.24) is 0 Å². The predicted molar refractivity (Wildman–Crippen MR) is 47.7 cm³/mol. The molecule has 0 bridgehead atoms. The van der Waals surface area contributed by atoms with Crippen molar-refractivity contribution in [1.29, 1.82) is 0 Å². The van der Waals surface area contributed by atoms with Crippen molar-refractivity contribution in [2.45, 2.75) is 44.2 Å². The number of hydrogen-bond acceptors (Lipinski definition) is 5. The van der Waals surface area contributed by atoms with E-state index in [9.17, 15) is 15.0 Å². The van der Waals surface area contributed by atoms with Gasteiger partial charge in [0, 0.05) is 12.8 Å². The van der Waals surface area contributed by atoms with Crippen LogP contribution >= 0.6 is 0 Å². The maximum atomic E-state index is 10.8. The van der Waals surface area contributed by atoms with Crippen molar-refractivity contribution in [2.24, 2.45) is 0 Å². The molecular weight excluding hydrogens is 188 g/mol. The van der Waals surface area contributed by atoms with E-state index in [0.29, 0.717) is 0 Å². The van der Waals surface area contributed by atoms with Gasteiger partial charge in [0.05, 0.1) is 18.8 Å². The predicted octanol–water partition coefficient (Wildman–Crippen LogP) is -1.16. The van der Waals surface area contributed by atoms with Gasteiger partial charge in [0.25, 0.3) is 0 Å². The van der Waals surface area contributed by atoms with Crippen molar-refractivity contribution in [2.75, 3.05) is 6.61 Å². The third kappa shape index (κ3) is 2.75. The molecule has 82 valence electrons. The van der Waals surface area contributed by atoms with Crippen LogP contribution in [0, 0.1) is 0 Å². The first-order chi connectivity index (χ1) is 6.54. The Kier molecular flexibility index (Phi) is 4.00. The van der Waals surface area contributed by atoms with Gasteiger partial charge in [-0.25, -0.2) is 0 Å². The molecule has 0 aromatic heterocycles. The summed E-state index contributed by atoms with van der Waals surface area (Å²) in [7, 11) is 0. The highest BCUT2D eigenvalue weighted by Gasteiger charge is 2.36. The van der Waals surface area contributed by atoms with Crippen LogP contribution in [-0.4, -0.2) is 52.1 Å². The third-order valence-corrected chi connectivity index (χ3v) is 2.34. The summed E-state index contributed by atoms with van der Waals surface area (Å²) < 4.78 is 5.25. The molecule has 0 amide bonds. The minimum absolute atomic E-state index is 0.0321. The van der Waals surface area contributed by atoms with E-state index in [4.69, 9.17) is 9.84 Å². The van der Waals surface area contributed by atoms with Gasteiger partial charge in [-0.15, -0.1) is 0 Å². The van der Waals surface area contributed by atoms with Crippen LogP contribution in [0.5, 0.6) is 0 Å². The van der Waals surface area contributed by atoms with E-state index in [2.05, 4.69) is 0 Å². The average Bonchev–Trinajstić information content (AvgIpc) is 2.10. The number of ether oxygens (including phenoxy) is 1. The Balaban J connectivity index is 2.53. The average molecular weight is 204 g/mol. The van der Waals surface area contributed by atoms with Crippen LogP contribution in [0.15, 0.2) is 0 Å². The first-order valence-electron chi connectivity index (χ1n) is 4.66. The summed E-state index contributed by atoms with van der Waals surface area (Å²) in [5.74, 6) is -0.0321. The number of rotatable bonds is 3. The minimum Gasteiger partial charge on any atom is -0.394 e. The lowest BCUT2D eigenvalue weighted by Gasteiger charge is -2.36. The second kappa shape index (κ2) is 4.84. The molecule has 3 N–H and O–H groups in total. The van der Waals surface area contributed by atoms with Gasteiger partial charge < -0.3 is 20.1 Å². The minimum atomic E-state index is -1.07. The molecule has 0 saturated carbocycles. The van der Waals surface area contributed by atoms with Gasteiger partial charge in [-0.1, -0.05) is 0 Å². The molecule has 1 fully saturated rings. The lowest BCUT2D eigenvalue weighted by molar-refractivity contribution is -0.181. The van der Waals surface area contributed by atoms with E-state index < -0.39 is 24.4 Å². The fourth-order valence-electron chi connectivity index (χ4n) is 1.64. The lowest BCUT2D eigenvalue weighted by atomic mass is 9.96. The van der Waals surface area contributed by atoms with Crippen molar-refractivity contribution in [3.8, 4) is 0 Å². The first kappa shape index (κ1) is 11.6. The van der Waals surface area contributed by atoms with Gasteiger partial charge in [0.2, 0.25) is 0 Å². The Morgan fingerprint density at radius 3 is 2.64 bits per heavy atom. The van der Waals surface area contributed by atoms with Crippen LogP contribution in [0.25, 0.3) is 0 Å². The summed E-state index contributed by atoms with van der Waals surface area (Å²) in [5, 5.41) is 27.6. The van der Waals surface area contributed by atoms with E-state index >= 15 is 0 Å². The molecule has 4 atom stereocenters. The Morgan fingerprint density at radius 2 is 2.14 bits per heavy atom. The molecule has 5 nitrogen and oxygen atoms in total. The Hall–Kier alpha value is -0.490. The number of aliphatic hydroxyl groups is 3. The van der Waals surface area contributed by atoms with Gasteiger partial charge in [-0.2, -0.15) is 0 Å². The standard InChI is InChI=1S/C9H16O5/c1-5(11)2-6-3-7(12)9(13)8(4-10)14-6/h6-10,12-13H,2-4H2,1H3. The normalized spacial score (nSPS) is 38.3. The SMILES string of the molecule is CC(=O)CC1CC(O)C(O)C(CO)O1. The van der Waals surface area contributed by atoms with Crippen LogP contribution in [0.2, 0.25) is 0 Å². The molecule has 1 rings (SSSR count). The Bertz CT molecular complexity index is 205. The quantitative estimate of drug-likeness (QED) is 0.539. The van der Waals surface area contributed by atoms with Gasteiger partial charge in [-0.05, 0) is 6.92 Å². The molecule has 0 spiro atoms. The fourth-order valence-corrected chi connectivity index (χ4v) is 1.64. The Labute approximate surface area is 82.3 Å². The van der Waals surface area contributed by atoms with Crippen LogP contribution in [0.3, 0.4) is 0 Å². The van der Waals surface area contributed by atoms with Gasteiger partial charge in [-0.3, -0.25) is 4.79 Å². The van der Waals surface area contributed by atoms with E-state index in [-0.39, 0.29) is 25.2 Å². The molecule has 1 aliphatic rings. The maximum absolute atomic E-state index is 10.8. The van der Waals surface area contributed by atoms with Crippen molar-refractivity contribution in [3.63, 3.8) is 0 Å². The highest BCUT2D eigenvalue weighted by atomic mass is 16.5. The topological polar surface area (TPSA) is 87.0 Å². The summed E-state index contributed by atoms with van der Waals surface area (Å²) >= 11 is 0. The number of Topliss-reactive ketones (excluding diaryl/α,β-unsaturated/α-hetero) is 1. The Morgan fingerprint density at radius 1 is 1.50 bits per heavy atom. The van der Waals surface area contributed by atoms with E-state index in [1.807, 2.05) is 0 Å². The summed E-state index contributed by atoms with van der Waals surface area (Å²) in [6, 6.07) is 0. The van der Waals surface area contributed by atoms with Crippen molar-refractivity contribution < 1.29 is 24.9 Å². The highest BCUT2D eigenvalue weighted by Crippen LogP contribution is 2.22. The monoisotopic (exact) mass is 204 g/mol. The molecule has 4 unspecified atom stereocenters. The number of carbonyl (C=O) groups is 1. The second-order valence-electron chi connectivity index (χ2n) is 3.68. The van der Waals surface area contributed by atoms with E-state index in [1.54, 1.807) is 0 Å². The zero-order valence-electron chi connectivity index (χ0n) is 8.09. The van der Waals surface area contributed by atoms with Crippen molar-refractivity contribution >= 4 is 5.78 Å². The molecule has 1 aliphatic heterocycles. The molecule has 14 heavy (non-hydrogen) atoms. The van der Waals surface area contributed by atoms with E-state index in [1.165, 1.54) is 6.92 Å². The molecule has 0 aromatic carbocycles. The third-order valence-electron chi connectivity index (χ3n) is 2.34. The molecule has 0 aliphatic carbocycles. The number of ketones is 1. The number of carbonyl (C=O) groups excluding carboxylic acids is 1. The summed E-state index contributed by atoms with van der Waals surface area (Å²) in [4.78, 5) is 10.8. The summed E-state index contributed by atoms with van der Waals surface area (Å²) in [6.07, 6.45) is -2.74. The number of hydrogen-bond donors (Lipinski definition) is 3. The van der Waals surface area contributed by atoms with Crippen LogP contribution in [-0.2, 0) is 9.53 Å². The molecule has 1 saturated heterocycles. The summed E-state index contributed by atoms with van der Waals surface area (Å²) in [6.45, 7) is 1.08. The molecule has 0 radical (unpaired) electrons. The smallest absolute Gasteiger partial charge is 0.132 e. The van der Waals surface area contributed by atoms with Gasteiger partial charge in [0.1, 0.15) is 18.0 Å². The fraction of sp³-hybridized carbons (Fsp3) is 0.889. The molecular formula is C9H16O5. The van der Waals surface area contributed by atoms with Crippen molar-refractivity contribution in [3.05, 3.63) is 0 Å². The van der Waals surface area contributed by atoms with Gasteiger partial charge in [0.15, 0.2) is 0 Å². The molecule has 0 aromatic rings. The largest absolute Gasteiger partial charge is 0.394 e. The first-order valence-corrected chi connectivity index (χ1v) is 4.66. The van der Waals surface area contributed by atoms with Crippen LogP contribution in [0.1, 0.15) is 19.8 Å². The molecule has 5 heteroatoms. The van der Waals surface area contributed by atoms with Gasteiger partial charge >= 0.3 is 0 Å². The zero-order chi connectivity index (χ0) is 10.7. The highest BCUT2D eigenvalue weighted by molar-refractivity contribution is 5.75. The molecule has 1 heterocycles. The number of aliphatic hydroxyl groups excluding tert-OH is 3.